The number of benzene rings is 1. The first kappa shape index (κ1) is 10.7. The van der Waals surface area contributed by atoms with Crippen LogP contribution in [0.15, 0.2) is 24.4 Å². The van der Waals surface area contributed by atoms with Crippen molar-refractivity contribution >= 4 is 11.6 Å². The molecule has 1 N–H and O–H groups in total. The van der Waals surface area contributed by atoms with Crippen LogP contribution >= 0.6 is 0 Å². The molecule has 0 saturated carbocycles. The van der Waals surface area contributed by atoms with Gasteiger partial charge in [-0.1, -0.05) is 0 Å². The number of hydrogen-bond acceptors (Lipinski definition) is 2. The molecule has 84 valence electrons. The first-order chi connectivity index (χ1) is 7.56. The van der Waals surface area contributed by atoms with Crippen LogP contribution in [0.2, 0.25) is 0 Å². The maximum atomic E-state index is 13.1. The third-order valence-electron chi connectivity index (χ3n) is 2.41. The van der Waals surface area contributed by atoms with Gasteiger partial charge in [-0.05, 0) is 37.6 Å². The monoisotopic (exact) mass is 219 g/mol. The van der Waals surface area contributed by atoms with Crippen molar-refractivity contribution in [1.29, 1.82) is 0 Å². The lowest BCUT2D eigenvalue weighted by atomic mass is 10.2. The third-order valence-corrected chi connectivity index (χ3v) is 2.41. The van der Waals surface area contributed by atoms with Gasteiger partial charge in [-0.3, -0.25) is 0 Å². The molecule has 0 fully saturated rings. The normalized spacial score (nSPS) is 10.5. The van der Waals surface area contributed by atoms with Crippen LogP contribution in [0.5, 0.6) is 0 Å². The minimum Gasteiger partial charge on any atom is -0.326 e. The maximum absolute atomic E-state index is 13.1. The Balaban J connectivity index is 2.27. The predicted octanol–water partition coefficient (Wildman–Crippen LogP) is 2.92. The van der Waals surface area contributed by atoms with Crippen molar-refractivity contribution in [2.75, 3.05) is 5.32 Å². The summed E-state index contributed by atoms with van der Waals surface area (Å²) >= 11 is 0. The summed E-state index contributed by atoms with van der Waals surface area (Å²) in [6.45, 7) is 3.67. The molecule has 3 nitrogen and oxygen atoms in total. The van der Waals surface area contributed by atoms with Crippen molar-refractivity contribution in [2.45, 2.75) is 13.8 Å². The lowest BCUT2D eigenvalue weighted by Crippen LogP contribution is -1.99. The van der Waals surface area contributed by atoms with Crippen LogP contribution in [0, 0.1) is 19.7 Å². The Kier molecular flexibility index (Phi) is 2.64. The van der Waals surface area contributed by atoms with Gasteiger partial charge in [-0.2, -0.15) is 0 Å². The molecule has 4 heteroatoms. The van der Waals surface area contributed by atoms with E-state index in [0.29, 0.717) is 5.56 Å². The summed E-state index contributed by atoms with van der Waals surface area (Å²) in [4.78, 5) is 4.32. The van der Waals surface area contributed by atoms with Crippen molar-refractivity contribution in [1.82, 2.24) is 9.55 Å². The van der Waals surface area contributed by atoms with E-state index in [-0.39, 0.29) is 5.82 Å². The topological polar surface area (TPSA) is 29.9 Å². The van der Waals surface area contributed by atoms with E-state index in [9.17, 15) is 4.39 Å². The Labute approximate surface area is 93.9 Å². The molecule has 1 aromatic heterocycles. The number of hydrogen-bond donors (Lipinski definition) is 1. The average molecular weight is 219 g/mol. The van der Waals surface area contributed by atoms with E-state index in [1.54, 1.807) is 19.1 Å². The Morgan fingerprint density at radius 1 is 1.31 bits per heavy atom. The zero-order valence-electron chi connectivity index (χ0n) is 9.58. The number of nitrogens with one attached hydrogen (secondary N) is 1. The predicted molar refractivity (Wildman–Crippen MR) is 62.4 cm³/mol. The van der Waals surface area contributed by atoms with E-state index in [0.717, 1.165) is 17.3 Å². The highest BCUT2D eigenvalue weighted by Gasteiger charge is 2.04. The number of imidazole rings is 1. The van der Waals surface area contributed by atoms with E-state index >= 15 is 0 Å². The number of halogens is 1. The number of anilines is 2. The lowest BCUT2D eigenvalue weighted by molar-refractivity contribution is 0.619. The average Bonchev–Trinajstić information content (AvgIpc) is 2.51. The molecule has 0 aliphatic rings. The zero-order chi connectivity index (χ0) is 11.7. The molecule has 0 saturated heterocycles. The molecule has 0 bridgehead atoms. The molecule has 1 aromatic carbocycles. The molecule has 0 unspecified atom stereocenters. The summed E-state index contributed by atoms with van der Waals surface area (Å²) in [6, 6.07) is 4.92. The van der Waals surface area contributed by atoms with Gasteiger partial charge in [0, 0.05) is 18.9 Å². The lowest BCUT2D eigenvalue weighted by Gasteiger charge is -2.06. The van der Waals surface area contributed by atoms with E-state index < -0.39 is 0 Å². The second-order valence-electron chi connectivity index (χ2n) is 3.91. The highest BCUT2D eigenvalue weighted by atomic mass is 19.1. The Bertz CT molecular complexity index is 517. The minimum atomic E-state index is -0.193. The van der Waals surface area contributed by atoms with Crippen LogP contribution in [0.3, 0.4) is 0 Å². The number of nitrogens with zero attached hydrogens (tertiary/aromatic N) is 2. The summed E-state index contributed by atoms with van der Waals surface area (Å²) in [5.74, 6) is 0.560. The molecule has 16 heavy (non-hydrogen) atoms. The van der Waals surface area contributed by atoms with E-state index in [1.807, 2.05) is 24.7 Å². The molecule has 0 atom stereocenters. The molecule has 2 rings (SSSR count). The fraction of sp³-hybridized carbons (Fsp3) is 0.250. The molecule has 0 radical (unpaired) electrons. The van der Waals surface area contributed by atoms with Gasteiger partial charge in [0.05, 0.1) is 5.69 Å². The minimum absolute atomic E-state index is 0.193. The first-order valence-electron chi connectivity index (χ1n) is 5.09. The fourth-order valence-corrected chi connectivity index (χ4v) is 1.58. The maximum Gasteiger partial charge on any atom is 0.207 e. The fourth-order valence-electron chi connectivity index (χ4n) is 1.58. The SMILES string of the molecule is Cc1cn(C)c(Nc2ccc(F)c(C)c2)n1. The van der Waals surface area contributed by atoms with Crippen molar-refractivity contribution < 1.29 is 4.39 Å². The van der Waals surface area contributed by atoms with Crippen LogP contribution in [0.1, 0.15) is 11.3 Å². The van der Waals surface area contributed by atoms with E-state index in [4.69, 9.17) is 0 Å². The quantitative estimate of drug-likeness (QED) is 0.841. The van der Waals surface area contributed by atoms with Crippen LogP contribution in [0.4, 0.5) is 16.0 Å². The molecular formula is C12H14FN3. The number of aryl methyl sites for hydroxylation is 3. The van der Waals surface area contributed by atoms with Crippen LogP contribution < -0.4 is 5.32 Å². The van der Waals surface area contributed by atoms with Gasteiger partial charge in [0.25, 0.3) is 0 Å². The number of rotatable bonds is 2. The molecule has 0 amide bonds. The Morgan fingerprint density at radius 2 is 2.06 bits per heavy atom. The second-order valence-corrected chi connectivity index (χ2v) is 3.91. The summed E-state index contributed by atoms with van der Waals surface area (Å²) in [5, 5.41) is 3.15. The Morgan fingerprint density at radius 3 is 2.62 bits per heavy atom. The smallest absolute Gasteiger partial charge is 0.207 e. The molecule has 0 aliphatic carbocycles. The largest absolute Gasteiger partial charge is 0.326 e. The highest BCUT2D eigenvalue weighted by molar-refractivity contribution is 5.55. The van der Waals surface area contributed by atoms with Gasteiger partial charge in [0.2, 0.25) is 5.95 Å². The summed E-state index contributed by atoms with van der Waals surface area (Å²) in [5.41, 5.74) is 2.41. The van der Waals surface area contributed by atoms with Crippen molar-refractivity contribution in [2.24, 2.45) is 7.05 Å². The van der Waals surface area contributed by atoms with Gasteiger partial charge in [-0.15, -0.1) is 0 Å². The van der Waals surface area contributed by atoms with Crippen LogP contribution in [-0.2, 0) is 7.05 Å². The summed E-state index contributed by atoms with van der Waals surface area (Å²) in [6.07, 6.45) is 1.93. The van der Waals surface area contributed by atoms with Gasteiger partial charge >= 0.3 is 0 Å². The summed E-state index contributed by atoms with van der Waals surface area (Å²) < 4.78 is 15.0. The van der Waals surface area contributed by atoms with Gasteiger partial charge < -0.3 is 9.88 Å². The molecule has 2 aromatic rings. The molecule has 0 spiro atoms. The van der Waals surface area contributed by atoms with Crippen LogP contribution in [-0.4, -0.2) is 9.55 Å². The second kappa shape index (κ2) is 3.96. The molecule has 1 heterocycles. The Hall–Kier alpha value is -1.84. The highest BCUT2D eigenvalue weighted by Crippen LogP contribution is 2.18. The van der Waals surface area contributed by atoms with Gasteiger partial charge in [-0.25, -0.2) is 9.37 Å². The van der Waals surface area contributed by atoms with Crippen molar-refractivity contribution in [3.05, 3.63) is 41.5 Å². The van der Waals surface area contributed by atoms with Crippen molar-refractivity contribution in [3.63, 3.8) is 0 Å². The van der Waals surface area contributed by atoms with Gasteiger partial charge in [0.1, 0.15) is 5.82 Å². The van der Waals surface area contributed by atoms with Crippen molar-refractivity contribution in [3.8, 4) is 0 Å². The summed E-state index contributed by atoms with van der Waals surface area (Å²) in [7, 11) is 1.92. The molecular weight excluding hydrogens is 205 g/mol. The zero-order valence-corrected chi connectivity index (χ0v) is 9.58. The first-order valence-corrected chi connectivity index (χ1v) is 5.09. The van der Waals surface area contributed by atoms with E-state index in [2.05, 4.69) is 10.3 Å². The van der Waals surface area contributed by atoms with Crippen LogP contribution in [0.25, 0.3) is 0 Å². The number of aromatic nitrogens is 2. The standard InChI is InChI=1S/C12H14FN3/c1-8-6-10(4-5-11(8)13)15-12-14-9(2)7-16(12)3/h4-7H,1-3H3,(H,14,15). The van der Waals surface area contributed by atoms with E-state index in [1.165, 1.54) is 6.07 Å². The third kappa shape index (κ3) is 2.05. The van der Waals surface area contributed by atoms with Gasteiger partial charge in [0.15, 0.2) is 0 Å². The molecule has 0 aliphatic heterocycles.